The van der Waals surface area contributed by atoms with E-state index < -0.39 is 11.2 Å². The molecule has 0 aliphatic carbocycles. The van der Waals surface area contributed by atoms with Crippen LogP contribution in [-0.4, -0.2) is 22.3 Å². The van der Waals surface area contributed by atoms with E-state index in [0.29, 0.717) is 0 Å². The number of aliphatic hydroxyl groups is 1. The molecular formula is C8H16O3. The van der Waals surface area contributed by atoms with Crippen molar-refractivity contribution in [2.45, 2.75) is 45.8 Å². The van der Waals surface area contributed by atoms with Crippen molar-refractivity contribution in [3.05, 3.63) is 0 Å². The van der Waals surface area contributed by atoms with E-state index >= 15 is 0 Å². The smallest absolute Gasteiger partial charge is 0.303 e. The summed E-state index contributed by atoms with van der Waals surface area (Å²) in [5.41, 5.74) is -1.85. The van der Waals surface area contributed by atoms with Crippen molar-refractivity contribution in [3.8, 4) is 0 Å². The summed E-state index contributed by atoms with van der Waals surface area (Å²) in [6, 6.07) is 0. The number of hydrogen-bond acceptors (Lipinski definition) is 3. The second-order valence-corrected chi connectivity index (χ2v) is 3.66. The highest BCUT2D eigenvalue weighted by Gasteiger charge is 2.37. The molecule has 0 aliphatic heterocycles. The number of ether oxygens (including phenoxy) is 1. The molecule has 0 amide bonds. The number of carbonyl (C=O) groups excluding carboxylic acids is 1. The minimum Gasteiger partial charge on any atom is -0.457 e. The van der Waals surface area contributed by atoms with Crippen LogP contribution in [0.15, 0.2) is 0 Å². The van der Waals surface area contributed by atoms with E-state index in [9.17, 15) is 9.90 Å². The molecule has 66 valence electrons. The Labute approximate surface area is 67.4 Å². The molecular weight excluding hydrogens is 144 g/mol. The van der Waals surface area contributed by atoms with Crippen molar-refractivity contribution in [1.82, 2.24) is 0 Å². The maximum atomic E-state index is 10.6. The molecule has 0 rings (SSSR count). The Morgan fingerprint density at radius 3 is 1.73 bits per heavy atom. The maximum absolute atomic E-state index is 10.6. The fraction of sp³-hybridized carbons (Fsp3) is 0.875. The van der Waals surface area contributed by atoms with Crippen LogP contribution in [0.1, 0.15) is 34.6 Å². The van der Waals surface area contributed by atoms with Gasteiger partial charge in [0.15, 0.2) is 0 Å². The van der Waals surface area contributed by atoms with Gasteiger partial charge < -0.3 is 9.84 Å². The third-order valence-corrected chi connectivity index (χ3v) is 1.87. The highest BCUT2D eigenvalue weighted by molar-refractivity contribution is 5.66. The Morgan fingerprint density at radius 1 is 1.27 bits per heavy atom. The molecule has 0 saturated carbocycles. The van der Waals surface area contributed by atoms with Gasteiger partial charge in [-0.05, 0) is 27.7 Å². The third-order valence-electron chi connectivity index (χ3n) is 1.87. The second kappa shape index (κ2) is 2.81. The van der Waals surface area contributed by atoms with Crippen molar-refractivity contribution in [1.29, 1.82) is 0 Å². The average molecular weight is 160 g/mol. The first kappa shape index (κ1) is 10.4. The summed E-state index contributed by atoms with van der Waals surface area (Å²) in [6.07, 6.45) is 0. The molecule has 11 heavy (non-hydrogen) atoms. The predicted molar refractivity (Wildman–Crippen MR) is 42.1 cm³/mol. The van der Waals surface area contributed by atoms with E-state index in [-0.39, 0.29) is 5.97 Å². The fourth-order valence-electron chi connectivity index (χ4n) is 0.484. The van der Waals surface area contributed by atoms with Crippen molar-refractivity contribution in [2.75, 3.05) is 0 Å². The Kier molecular flexibility index (Phi) is 2.67. The highest BCUT2D eigenvalue weighted by atomic mass is 16.6. The summed E-state index contributed by atoms with van der Waals surface area (Å²) in [5, 5.41) is 9.52. The molecule has 0 aromatic rings. The van der Waals surface area contributed by atoms with Crippen LogP contribution in [0.25, 0.3) is 0 Å². The van der Waals surface area contributed by atoms with Crippen molar-refractivity contribution < 1.29 is 14.6 Å². The highest BCUT2D eigenvalue weighted by Crippen LogP contribution is 2.24. The Hall–Kier alpha value is -0.570. The molecule has 0 aromatic heterocycles. The molecule has 0 saturated heterocycles. The number of hydrogen-bond donors (Lipinski definition) is 1. The molecule has 0 aliphatic rings. The zero-order chi connectivity index (χ0) is 9.28. The van der Waals surface area contributed by atoms with Gasteiger partial charge in [0.2, 0.25) is 0 Å². The maximum Gasteiger partial charge on any atom is 0.303 e. The largest absolute Gasteiger partial charge is 0.457 e. The molecule has 0 unspecified atom stereocenters. The van der Waals surface area contributed by atoms with Crippen LogP contribution in [0.4, 0.5) is 0 Å². The first-order chi connectivity index (χ1) is 4.67. The fourth-order valence-corrected chi connectivity index (χ4v) is 0.484. The van der Waals surface area contributed by atoms with Gasteiger partial charge in [0.1, 0.15) is 5.60 Å². The van der Waals surface area contributed by atoms with E-state index in [0.717, 1.165) is 0 Å². The summed E-state index contributed by atoms with van der Waals surface area (Å²) in [6.45, 7) is 7.89. The standard InChI is InChI=1S/C8H16O3/c1-6(9)11-8(4,5)7(2,3)10/h10H,1-5H3. The van der Waals surface area contributed by atoms with Crippen molar-refractivity contribution in [2.24, 2.45) is 0 Å². The van der Waals surface area contributed by atoms with Crippen LogP contribution in [-0.2, 0) is 9.53 Å². The van der Waals surface area contributed by atoms with Crippen LogP contribution >= 0.6 is 0 Å². The van der Waals surface area contributed by atoms with Gasteiger partial charge in [-0.3, -0.25) is 4.79 Å². The lowest BCUT2D eigenvalue weighted by Crippen LogP contribution is -2.48. The van der Waals surface area contributed by atoms with Gasteiger partial charge in [-0.2, -0.15) is 0 Å². The minimum atomic E-state index is -1.02. The molecule has 0 aromatic carbocycles. The minimum absolute atomic E-state index is 0.378. The molecule has 0 atom stereocenters. The van der Waals surface area contributed by atoms with Crippen molar-refractivity contribution >= 4 is 5.97 Å². The van der Waals surface area contributed by atoms with Gasteiger partial charge in [0.05, 0.1) is 5.60 Å². The normalized spacial score (nSPS) is 12.9. The van der Waals surface area contributed by atoms with E-state index in [1.807, 2.05) is 0 Å². The molecule has 3 nitrogen and oxygen atoms in total. The summed E-state index contributed by atoms with van der Waals surface area (Å²) in [4.78, 5) is 10.6. The first-order valence-electron chi connectivity index (χ1n) is 3.59. The number of rotatable bonds is 2. The molecule has 0 spiro atoms. The summed E-state index contributed by atoms with van der Waals surface area (Å²) in [7, 11) is 0. The second-order valence-electron chi connectivity index (χ2n) is 3.66. The molecule has 0 heterocycles. The molecule has 1 N–H and O–H groups in total. The molecule has 0 bridgehead atoms. The molecule has 0 fully saturated rings. The predicted octanol–water partition coefficient (Wildman–Crippen LogP) is 1.10. The van der Waals surface area contributed by atoms with Crippen LogP contribution in [0, 0.1) is 0 Å². The zero-order valence-electron chi connectivity index (χ0n) is 7.76. The van der Waals surface area contributed by atoms with Gasteiger partial charge in [0.25, 0.3) is 0 Å². The van der Waals surface area contributed by atoms with Crippen LogP contribution < -0.4 is 0 Å². The van der Waals surface area contributed by atoms with E-state index in [2.05, 4.69) is 0 Å². The summed E-state index contributed by atoms with van der Waals surface area (Å²) < 4.78 is 4.91. The zero-order valence-corrected chi connectivity index (χ0v) is 7.76. The summed E-state index contributed by atoms with van der Waals surface area (Å²) >= 11 is 0. The van der Waals surface area contributed by atoms with Crippen molar-refractivity contribution in [3.63, 3.8) is 0 Å². The Bertz CT molecular complexity index is 153. The van der Waals surface area contributed by atoms with Gasteiger partial charge in [-0.25, -0.2) is 0 Å². The third kappa shape index (κ3) is 2.89. The van der Waals surface area contributed by atoms with Crippen LogP contribution in [0.3, 0.4) is 0 Å². The van der Waals surface area contributed by atoms with Gasteiger partial charge in [-0.1, -0.05) is 0 Å². The molecule has 3 heteroatoms. The Morgan fingerprint density at radius 2 is 1.64 bits per heavy atom. The van der Waals surface area contributed by atoms with Gasteiger partial charge >= 0.3 is 5.97 Å². The van der Waals surface area contributed by atoms with Gasteiger partial charge in [0, 0.05) is 6.92 Å². The topological polar surface area (TPSA) is 46.5 Å². The number of carbonyl (C=O) groups is 1. The summed E-state index contributed by atoms with van der Waals surface area (Å²) in [5.74, 6) is -0.378. The quantitative estimate of drug-likeness (QED) is 0.615. The van der Waals surface area contributed by atoms with E-state index in [1.165, 1.54) is 6.92 Å². The Balaban J connectivity index is 4.34. The monoisotopic (exact) mass is 160 g/mol. The number of esters is 1. The SMILES string of the molecule is CC(=O)OC(C)(C)C(C)(C)O. The average Bonchev–Trinajstić information content (AvgIpc) is 1.56. The lowest BCUT2D eigenvalue weighted by atomic mass is 9.89. The van der Waals surface area contributed by atoms with Gasteiger partial charge in [-0.15, -0.1) is 0 Å². The van der Waals surface area contributed by atoms with Crippen LogP contribution in [0.2, 0.25) is 0 Å². The lowest BCUT2D eigenvalue weighted by Gasteiger charge is -2.36. The van der Waals surface area contributed by atoms with E-state index in [1.54, 1.807) is 27.7 Å². The molecule has 0 radical (unpaired) electrons. The van der Waals surface area contributed by atoms with E-state index in [4.69, 9.17) is 4.74 Å². The van der Waals surface area contributed by atoms with Crippen LogP contribution in [0.5, 0.6) is 0 Å². The lowest BCUT2D eigenvalue weighted by molar-refractivity contribution is -0.178. The first-order valence-corrected chi connectivity index (χ1v) is 3.59.